The van der Waals surface area contributed by atoms with Crippen molar-refractivity contribution < 1.29 is 19.1 Å². The number of hydrogen-bond donors (Lipinski definition) is 0. The molecule has 0 atom stereocenters. The molecule has 1 aromatic carbocycles. The molecule has 0 heterocycles. The molecule has 0 radical (unpaired) electrons. The predicted octanol–water partition coefficient (Wildman–Crippen LogP) is 3.31. The Labute approximate surface area is 142 Å². The molecule has 1 aromatic rings. The average molecular weight is 423 g/mol. The minimum absolute atomic E-state index is 0.0570. The summed E-state index contributed by atoms with van der Waals surface area (Å²) in [5.41, 5.74) is 0.530. The van der Waals surface area contributed by atoms with Gasteiger partial charge < -0.3 is 9.47 Å². The molecule has 0 aliphatic rings. The fourth-order valence-corrected chi connectivity index (χ4v) is 2.01. The monoisotopic (exact) mass is 422 g/mol. The number of ether oxygens (including phenoxy) is 2. The predicted molar refractivity (Wildman–Crippen MR) is 90.8 cm³/mol. The van der Waals surface area contributed by atoms with Gasteiger partial charge in [0.15, 0.2) is 5.78 Å². The summed E-state index contributed by atoms with van der Waals surface area (Å²) in [6, 6.07) is 6.96. The third kappa shape index (κ3) is 6.15. The van der Waals surface area contributed by atoms with Crippen molar-refractivity contribution in [3.05, 3.63) is 40.4 Å². The lowest BCUT2D eigenvalue weighted by molar-refractivity contribution is -0.140. The summed E-state index contributed by atoms with van der Waals surface area (Å²) in [5.74, 6) is -1.08. The Bertz CT molecular complexity index is 528. The van der Waals surface area contributed by atoms with E-state index in [1.54, 1.807) is 31.2 Å². The van der Waals surface area contributed by atoms with E-state index in [-0.39, 0.29) is 18.8 Å². The van der Waals surface area contributed by atoms with Crippen LogP contribution in [0.25, 0.3) is 6.08 Å². The lowest BCUT2D eigenvalue weighted by atomic mass is 10.1. The fraction of sp³-hybridized carbons (Fsp3) is 0.333. The van der Waals surface area contributed by atoms with Gasteiger partial charge in [-0.05, 0) is 24.6 Å². The van der Waals surface area contributed by atoms with Crippen LogP contribution in [0.3, 0.4) is 0 Å². The summed E-state index contributed by atoms with van der Waals surface area (Å²) in [4.78, 5) is 24.0. The summed E-state index contributed by atoms with van der Waals surface area (Å²) in [7, 11) is 0. The average Bonchev–Trinajstić information content (AvgIpc) is 2.46. The largest absolute Gasteiger partial charge is 0.462 e. The molecule has 6 heteroatoms. The van der Waals surface area contributed by atoms with Gasteiger partial charge in [0.1, 0.15) is 12.2 Å². The van der Waals surface area contributed by atoms with Gasteiger partial charge in [-0.3, -0.25) is 4.79 Å². The van der Waals surface area contributed by atoms with E-state index in [9.17, 15) is 9.59 Å². The van der Waals surface area contributed by atoms with Crippen molar-refractivity contribution in [1.29, 1.82) is 0 Å². The second-order valence-electron chi connectivity index (χ2n) is 3.96. The highest BCUT2D eigenvalue weighted by Gasteiger charge is 2.20. The van der Waals surface area contributed by atoms with Crippen LogP contribution in [0.1, 0.15) is 12.5 Å². The summed E-state index contributed by atoms with van der Waals surface area (Å²) in [5, 5.41) is 0.459. The van der Waals surface area contributed by atoms with E-state index in [0.717, 1.165) is 4.43 Å². The van der Waals surface area contributed by atoms with Gasteiger partial charge in [0, 0.05) is 9.45 Å². The van der Waals surface area contributed by atoms with Gasteiger partial charge in [0.2, 0.25) is 0 Å². The molecular weight excluding hydrogens is 407 g/mol. The standard InChI is InChI=1S/C15H16ClIO4/c1-2-21-15(19)12(14(18)10-20-8-7-17)9-11-5-3-4-6-13(11)16/h3-6,9H,2,7-8,10H2,1H3. The Balaban J connectivity index is 2.99. The third-order valence-electron chi connectivity index (χ3n) is 2.46. The Morgan fingerprint density at radius 2 is 2.05 bits per heavy atom. The Kier molecular flexibility index (Phi) is 8.56. The van der Waals surface area contributed by atoms with Gasteiger partial charge in [-0.2, -0.15) is 0 Å². The van der Waals surface area contributed by atoms with Crippen LogP contribution >= 0.6 is 34.2 Å². The van der Waals surface area contributed by atoms with Crippen molar-refractivity contribution in [2.75, 3.05) is 24.2 Å². The normalized spacial score (nSPS) is 11.3. The second-order valence-corrected chi connectivity index (χ2v) is 5.45. The van der Waals surface area contributed by atoms with Crippen molar-refractivity contribution in [2.24, 2.45) is 0 Å². The highest BCUT2D eigenvalue weighted by Crippen LogP contribution is 2.19. The summed E-state index contributed by atoms with van der Waals surface area (Å²) in [6.45, 7) is 2.18. The maximum atomic E-state index is 12.1. The number of halogens is 2. The molecule has 0 saturated carbocycles. The molecule has 0 aliphatic carbocycles. The van der Waals surface area contributed by atoms with Crippen LogP contribution in [0, 0.1) is 0 Å². The first-order chi connectivity index (χ1) is 10.1. The first-order valence-electron chi connectivity index (χ1n) is 6.40. The zero-order valence-corrected chi connectivity index (χ0v) is 14.5. The van der Waals surface area contributed by atoms with Crippen LogP contribution in [0.15, 0.2) is 29.8 Å². The zero-order valence-electron chi connectivity index (χ0n) is 11.6. The molecule has 0 amide bonds. The smallest absolute Gasteiger partial charge is 0.341 e. The molecule has 4 nitrogen and oxygen atoms in total. The number of carbonyl (C=O) groups excluding carboxylic acids is 2. The summed E-state index contributed by atoms with van der Waals surface area (Å²) in [6.07, 6.45) is 1.44. The van der Waals surface area contributed by atoms with E-state index >= 15 is 0 Å². The van der Waals surface area contributed by atoms with Gasteiger partial charge >= 0.3 is 5.97 Å². The van der Waals surface area contributed by atoms with Gasteiger partial charge in [-0.25, -0.2) is 4.79 Å². The van der Waals surface area contributed by atoms with Crippen molar-refractivity contribution >= 4 is 52.0 Å². The van der Waals surface area contributed by atoms with Crippen molar-refractivity contribution in [2.45, 2.75) is 6.92 Å². The van der Waals surface area contributed by atoms with Gasteiger partial charge in [0.25, 0.3) is 0 Å². The molecule has 0 N–H and O–H groups in total. The van der Waals surface area contributed by atoms with Gasteiger partial charge in [-0.1, -0.05) is 52.4 Å². The van der Waals surface area contributed by atoms with E-state index in [2.05, 4.69) is 22.6 Å². The van der Waals surface area contributed by atoms with Crippen LogP contribution in [0.2, 0.25) is 5.02 Å². The lowest BCUT2D eigenvalue weighted by Gasteiger charge is -2.07. The summed E-state index contributed by atoms with van der Waals surface area (Å²) >= 11 is 8.18. The Morgan fingerprint density at radius 1 is 1.33 bits per heavy atom. The van der Waals surface area contributed by atoms with Crippen molar-refractivity contribution in [3.63, 3.8) is 0 Å². The van der Waals surface area contributed by atoms with Crippen LogP contribution in [0.4, 0.5) is 0 Å². The molecule has 0 aromatic heterocycles. The highest BCUT2D eigenvalue weighted by molar-refractivity contribution is 14.1. The maximum absolute atomic E-state index is 12.1. The second kappa shape index (κ2) is 9.92. The fourth-order valence-electron chi connectivity index (χ4n) is 1.51. The van der Waals surface area contributed by atoms with E-state index in [4.69, 9.17) is 21.1 Å². The zero-order chi connectivity index (χ0) is 15.7. The topological polar surface area (TPSA) is 52.6 Å². The molecule has 0 unspecified atom stereocenters. The van der Waals surface area contributed by atoms with E-state index in [1.807, 2.05) is 0 Å². The number of esters is 1. The Morgan fingerprint density at radius 3 is 2.67 bits per heavy atom. The number of ketones is 1. The molecule has 114 valence electrons. The minimum Gasteiger partial charge on any atom is -0.462 e. The maximum Gasteiger partial charge on any atom is 0.341 e. The number of benzene rings is 1. The molecule has 0 bridgehead atoms. The highest BCUT2D eigenvalue weighted by atomic mass is 127. The van der Waals surface area contributed by atoms with Gasteiger partial charge in [0.05, 0.1) is 13.2 Å². The first-order valence-corrected chi connectivity index (χ1v) is 8.30. The van der Waals surface area contributed by atoms with Crippen molar-refractivity contribution in [1.82, 2.24) is 0 Å². The van der Waals surface area contributed by atoms with Crippen LogP contribution < -0.4 is 0 Å². The third-order valence-corrected chi connectivity index (χ3v) is 3.24. The number of alkyl halides is 1. The van der Waals surface area contributed by atoms with Crippen LogP contribution in [-0.2, 0) is 19.1 Å². The number of carbonyl (C=O) groups is 2. The first kappa shape index (κ1) is 18.1. The minimum atomic E-state index is -0.666. The molecule has 0 fully saturated rings. The number of hydrogen-bond acceptors (Lipinski definition) is 4. The molecule has 1 rings (SSSR count). The van der Waals surface area contributed by atoms with E-state index in [1.165, 1.54) is 6.08 Å². The van der Waals surface area contributed by atoms with Crippen LogP contribution in [-0.4, -0.2) is 36.0 Å². The van der Waals surface area contributed by atoms with E-state index in [0.29, 0.717) is 17.2 Å². The quantitative estimate of drug-likeness (QED) is 0.123. The summed E-state index contributed by atoms with van der Waals surface area (Å²) < 4.78 is 10.9. The molecule has 0 aliphatic heterocycles. The molecular formula is C15H16ClIO4. The Hall–Kier alpha value is -0.920. The molecule has 21 heavy (non-hydrogen) atoms. The lowest BCUT2D eigenvalue weighted by Crippen LogP contribution is -2.20. The van der Waals surface area contributed by atoms with Crippen molar-refractivity contribution in [3.8, 4) is 0 Å². The van der Waals surface area contributed by atoms with E-state index < -0.39 is 11.8 Å². The molecule has 0 spiro atoms. The number of Topliss-reactive ketones (excluding diaryl/α,β-unsaturated/α-hetero) is 1. The van der Waals surface area contributed by atoms with Gasteiger partial charge in [-0.15, -0.1) is 0 Å². The molecule has 0 saturated heterocycles. The number of rotatable bonds is 8. The van der Waals surface area contributed by atoms with Crippen LogP contribution in [0.5, 0.6) is 0 Å². The SMILES string of the molecule is CCOC(=O)C(=Cc1ccccc1Cl)C(=O)COCCI.